The molecule has 0 spiro atoms. The molecule has 0 atom stereocenters. The van der Waals surface area contributed by atoms with Crippen LogP contribution in [0.2, 0.25) is 0 Å². The van der Waals surface area contributed by atoms with Gasteiger partial charge in [0.2, 0.25) is 0 Å². The van der Waals surface area contributed by atoms with Crippen LogP contribution in [0.4, 0.5) is 0 Å². The zero-order chi connectivity index (χ0) is 16.8. The van der Waals surface area contributed by atoms with Crippen LogP contribution in [0.3, 0.4) is 0 Å². The zero-order valence-electron chi connectivity index (χ0n) is 15.3. The van der Waals surface area contributed by atoms with Crippen LogP contribution < -0.4 is 0 Å². The molecule has 0 aromatic heterocycles. The molecule has 1 N–H and O–H groups in total. The lowest BCUT2D eigenvalue weighted by molar-refractivity contribution is 0.00493. The monoisotopic (exact) mass is 306 g/mol. The van der Waals surface area contributed by atoms with Crippen LogP contribution in [0.5, 0.6) is 0 Å². The fourth-order valence-electron chi connectivity index (χ4n) is 2.34. The second-order valence-electron chi connectivity index (χ2n) is 5.87. The van der Waals surface area contributed by atoms with Gasteiger partial charge in [-0.15, -0.1) is 0 Å². The predicted molar refractivity (Wildman–Crippen MR) is 88.7 cm³/mol. The molecule has 0 aliphatic heterocycles. The summed E-state index contributed by atoms with van der Waals surface area (Å²) in [5, 5.41) is 9.03. The molecule has 21 heavy (non-hydrogen) atoms. The highest BCUT2D eigenvalue weighted by Crippen LogP contribution is 2.26. The maximum absolute atomic E-state index is 9.03. The molecule has 0 unspecified atom stereocenters. The number of ether oxygens (including phenoxy) is 3. The molecule has 0 rings (SSSR count). The van der Waals surface area contributed by atoms with Crippen molar-refractivity contribution < 1.29 is 19.3 Å². The molecular formula is C17H38O4. The van der Waals surface area contributed by atoms with E-state index in [9.17, 15) is 0 Å². The van der Waals surface area contributed by atoms with Gasteiger partial charge in [-0.3, -0.25) is 0 Å². The lowest BCUT2D eigenvalue weighted by Gasteiger charge is -2.29. The van der Waals surface area contributed by atoms with Gasteiger partial charge in [-0.1, -0.05) is 27.7 Å². The molecule has 0 bridgehead atoms. The van der Waals surface area contributed by atoms with Crippen LogP contribution in [0.1, 0.15) is 53.4 Å². The second-order valence-corrected chi connectivity index (χ2v) is 5.87. The Morgan fingerprint density at radius 1 is 0.619 bits per heavy atom. The number of hydrogen-bond donors (Lipinski definition) is 1. The maximum atomic E-state index is 9.03. The Labute approximate surface area is 132 Å². The smallest absolute Gasteiger partial charge is 0.0540 e. The van der Waals surface area contributed by atoms with Gasteiger partial charge in [-0.25, -0.2) is 0 Å². The van der Waals surface area contributed by atoms with Gasteiger partial charge < -0.3 is 19.3 Å². The molecule has 0 aliphatic rings. The fraction of sp³-hybridized carbons (Fsp3) is 1.00. The number of methoxy groups -OCH3 is 3. The Morgan fingerprint density at radius 3 is 1.05 bits per heavy atom. The largest absolute Gasteiger partial charge is 0.396 e. The quantitative estimate of drug-likeness (QED) is 0.634. The van der Waals surface area contributed by atoms with Crippen molar-refractivity contribution in [1.82, 2.24) is 0 Å². The van der Waals surface area contributed by atoms with Gasteiger partial charge in [-0.05, 0) is 25.7 Å². The topological polar surface area (TPSA) is 47.9 Å². The summed E-state index contributed by atoms with van der Waals surface area (Å²) in [6.45, 7) is 11.0. The van der Waals surface area contributed by atoms with Crippen molar-refractivity contribution in [2.75, 3.05) is 47.8 Å². The van der Waals surface area contributed by atoms with E-state index in [0.717, 1.165) is 38.9 Å². The van der Waals surface area contributed by atoms with Gasteiger partial charge in [0.15, 0.2) is 0 Å². The molecule has 0 heterocycles. The first kappa shape index (κ1) is 23.1. The van der Waals surface area contributed by atoms with E-state index in [0.29, 0.717) is 6.61 Å². The molecule has 0 aromatic rings. The molecule has 0 amide bonds. The first-order chi connectivity index (χ1) is 9.99. The van der Waals surface area contributed by atoms with E-state index < -0.39 is 0 Å². The molecule has 130 valence electrons. The van der Waals surface area contributed by atoms with Crippen molar-refractivity contribution in [3.05, 3.63) is 0 Å². The van der Waals surface area contributed by atoms with E-state index >= 15 is 0 Å². The Hall–Kier alpha value is -0.160. The van der Waals surface area contributed by atoms with E-state index in [1.807, 2.05) is 0 Å². The summed E-state index contributed by atoms with van der Waals surface area (Å²) in [5.41, 5.74) is 0.248. The van der Waals surface area contributed by atoms with Crippen molar-refractivity contribution in [3.8, 4) is 0 Å². The first-order valence-corrected chi connectivity index (χ1v) is 8.06. The van der Waals surface area contributed by atoms with E-state index in [-0.39, 0.29) is 17.4 Å². The van der Waals surface area contributed by atoms with E-state index in [1.54, 1.807) is 21.3 Å². The van der Waals surface area contributed by atoms with Crippen molar-refractivity contribution in [1.29, 1.82) is 0 Å². The standard InChI is InChI=1S/C9H20O2.C8H18O2/c1-5-9(6-2,7-10-3)8-11-4;1-4-8(5-2,6-9)7-10-3/h5-8H2,1-4H3;9H,4-7H2,1-3H3. The summed E-state index contributed by atoms with van der Waals surface area (Å²) in [7, 11) is 5.17. The van der Waals surface area contributed by atoms with Crippen LogP contribution in [-0.4, -0.2) is 52.9 Å². The number of aliphatic hydroxyl groups is 1. The minimum Gasteiger partial charge on any atom is -0.396 e. The van der Waals surface area contributed by atoms with E-state index in [4.69, 9.17) is 19.3 Å². The molecule has 0 aliphatic carbocycles. The average molecular weight is 306 g/mol. The van der Waals surface area contributed by atoms with Crippen molar-refractivity contribution in [2.45, 2.75) is 53.4 Å². The van der Waals surface area contributed by atoms with Crippen molar-refractivity contribution >= 4 is 0 Å². The third-order valence-electron chi connectivity index (χ3n) is 4.69. The summed E-state index contributed by atoms with van der Waals surface area (Å²) >= 11 is 0. The Balaban J connectivity index is 0. The van der Waals surface area contributed by atoms with E-state index in [2.05, 4.69) is 27.7 Å². The third kappa shape index (κ3) is 8.77. The Morgan fingerprint density at radius 2 is 0.905 bits per heavy atom. The van der Waals surface area contributed by atoms with Gasteiger partial charge in [0.1, 0.15) is 0 Å². The fourth-order valence-corrected chi connectivity index (χ4v) is 2.34. The Kier molecular flexibility index (Phi) is 14.9. The lowest BCUT2D eigenvalue weighted by atomic mass is 9.84. The highest BCUT2D eigenvalue weighted by atomic mass is 16.5. The molecule has 0 saturated carbocycles. The van der Waals surface area contributed by atoms with Crippen molar-refractivity contribution in [2.24, 2.45) is 10.8 Å². The highest BCUT2D eigenvalue weighted by Gasteiger charge is 2.25. The summed E-state index contributed by atoms with van der Waals surface area (Å²) < 4.78 is 15.3. The summed E-state index contributed by atoms with van der Waals surface area (Å²) in [4.78, 5) is 0. The van der Waals surface area contributed by atoms with Gasteiger partial charge >= 0.3 is 0 Å². The van der Waals surface area contributed by atoms with Crippen LogP contribution >= 0.6 is 0 Å². The normalized spacial score (nSPS) is 12.0. The number of aliphatic hydroxyl groups excluding tert-OH is 1. The SMILES string of the molecule is CCC(CC)(CO)COC.CCC(CC)(COC)COC. The minimum absolute atomic E-state index is 0.00868. The molecule has 4 nitrogen and oxygen atoms in total. The van der Waals surface area contributed by atoms with Gasteiger partial charge in [0.05, 0.1) is 26.4 Å². The molecule has 0 fully saturated rings. The van der Waals surface area contributed by atoms with Gasteiger partial charge in [0, 0.05) is 32.2 Å². The molecule has 4 heteroatoms. The van der Waals surface area contributed by atoms with Crippen molar-refractivity contribution in [3.63, 3.8) is 0 Å². The minimum atomic E-state index is 0.00868. The molecule has 0 aromatic carbocycles. The summed E-state index contributed by atoms with van der Waals surface area (Å²) in [5.74, 6) is 0. The van der Waals surface area contributed by atoms with Crippen LogP contribution in [0.25, 0.3) is 0 Å². The lowest BCUT2D eigenvalue weighted by Crippen LogP contribution is -2.30. The van der Waals surface area contributed by atoms with Crippen LogP contribution in [0.15, 0.2) is 0 Å². The average Bonchev–Trinajstić information content (AvgIpc) is 2.53. The van der Waals surface area contributed by atoms with E-state index in [1.165, 1.54) is 0 Å². The summed E-state index contributed by atoms with van der Waals surface area (Å²) in [6, 6.07) is 0. The second kappa shape index (κ2) is 13.5. The first-order valence-electron chi connectivity index (χ1n) is 8.06. The van der Waals surface area contributed by atoms with Gasteiger partial charge in [0.25, 0.3) is 0 Å². The third-order valence-corrected chi connectivity index (χ3v) is 4.69. The van der Waals surface area contributed by atoms with Crippen LogP contribution in [-0.2, 0) is 14.2 Å². The Bertz CT molecular complexity index is 195. The number of rotatable bonds is 11. The van der Waals surface area contributed by atoms with Gasteiger partial charge in [-0.2, -0.15) is 0 Å². The predicted octanol–water partition coefficient (Wildman–Crippen LogP) is 3.52. The maximum Gasteiger partial charge on any atom is 0.0540 e. The number of hydrogen-bond acceptors (Lipinski definition) is 4. The highest BCUT2D eigenvalue weighted by molar-refractivity contribution is 4.75. The molecular weight excluding hydrogens is 268 g/mol. The molecule has 0 saturated heterocycles. The zero-order valence-corrected chi connectivity index (χ0v) is 15.3. The van der Waals surface area contributed by atoms with Crippen LogP contribution in [0, 0.1) is 10.8 Å². The molecule has 0 radical (unpaired) electrons. The summed E-state index contributed by atoms with van der Waals surface area (Å²) in [6.07, 6.45) is 4.19.